The molecule has 0 aromatic carbocycles. The van der Waals surface area contributed by atoms with E-state index in [1.54, 1.807) is 10.9 Å². The van der Waals surface area contributed by atoms with Gasteiger partial charge < -0.3 is 0 Å². The zero-order valence-electron chi connectivity index (χ0n) is 10.3. The van der Waals surface area contributed by atoms with Crippen LogP contribution in [0.25, 0.3) is 0 Å². The molecule has 5 nitrogen and oxygen atoms in total. The predicted molar refractivity (Wildman–Crippen MR) is 66.1 cm³/mol. The van der Waals surface area contributed by atoms with Crippen LogP contribution in [-0.4, -0.2) is 14.8 Å². The van der Waals surface area contributed by atoms with Gasteiger partial charge in [0, 0.05) is 19.4 Å². The Morgan fingerprint density at radius 1 is 1.41 bits per heavy atom. The maximum Gasteiger partial charge on any atom is 0.105 e. The number of aromatic nitrogens is 3. The van der Waals surface area contributed by atoms with Gasteiger partial charge in [-0.05, 0) is 31.0 Å². The number of hydrazine groups is 1. The summed E-state index contributed by atoms with van der Waals surface area (Å²) in [6.45, 7) is 4.06. The number of hydrogen-bond acceptors (Lipinski definition) is 4. The molecule has 2 aromatic heterocycles. The van der Waals surface area contributed by atoms with E-state index in [-0.39, 0.29) is 6.04 Å². The number of rotatable bonds is 3. The quantitative estimate of drug-likeness (QED) is 0.610. The lowest BCUT2D eigenvalue weighted by molar-refractivity contribution is 0.561. The third kappa shape index (κ3) is 2.20. The smallest absolute Gasteiger partial charge is 0.105 e. The lowest BCUT2D eigenvalue weighted by Gasteiger charge is -2.18. The molecule has 0 amide bonds. The highest BCUT2D eigenvalue weighted by Gasteiger charge is 2.18. The zero-order valence-corrected chi connectivity index (χ0v) is 10.3. The third-order valence-electron chi connectivity index (χ3n) is 2.85. The van der Waals surface area contributed by atoms with E-state index in [2.05, 4.69) is 21.6 Å². The molecule has 0 saturated heterocycles. The summed E-state index contributed by atoms with van der Waals surface area (Å²) in [5, 5.41) is 4.15. The minimum atomic E-state index is -0.136. The third-order valence-corrected chi connectivity index (χ3v) is 2.85. The van der Waals surface area contributed by atoms with Crippen molar-refractivity contribution in [2.45, 2.75) is 19.9 Å². The minimum Gasteiger partial charge on any atom is -0.271 e. The molecular formula is C12H17N5. The second kappa shape index (κ2) is 4.65. The monoisotopic (exact) mass is 231 g/mol. The molecule has 90 valence electrons. The Kier molecular flexibility index (Phi) is 3.21. The molecule has 0 aliphatic heterocycles. The fourth-order valence-electron chi connectivity index (χ4n) is 2.00. The van der Waals surface area contributed by atoms with Gasteiger partial charge >= 0.3 is 0 Å². The number of hydrogen-bond donors (Lipinski definition) is 2. The van der Waals surface area contributed by atoms with E-state index in [0.29, 0.717) is 0 Å². The molecular weight excluding hydrogens is 214 g/mol. The molecule has 1 atom stereocenters. The molecule has 0 aliphatic carbocycles. The Balaban J connectivity index is 2.46. The fourth-order valence-corrected chi connectivity index (χ4v) is 2.00. The van der Waals surface area contributed by atoms with Gasteiger partial charge in [-0.1, -0.05) is 6.07 Å². The summed E-state index contributed by atoms with van der Waals surface area (Å²) in [7, 11) is 1.89. The molecule has 0 aliphatic rings. The molecule has 0 bridgehead atoms. The Morgan fingerprint density at radius 2 is 2.18 bits per heavy atom. The molecule has 0 radical (unpaired) electrons. The maximum atomic E-state index is 5.64. The first kappa shape index (κ1) is 11.8. The Morgan fingerprint density at radius 3 is 2.71 bits per heavy atom. The van der Waals surface area contributed by atoms with E-state index < -0.39 is 0 Å². The zero-order chi connectivity index (χ0) is 12.4. The molecule has 2 aromatic rings. The van der Waals surface area contributed by atoms with Crippen LogP contribution in [-0.2, 0) is 7.05 Å². The van der Waals surface area contributed by atoms with E-state index in [9.17, 15) is 0 Å². The van der Waals surface area contributed by atoms with Gasteiger partial charge in [-0.25, -0.2) is 5.43 Å². The summed E-state index contributed by atoms with van der Waals surface area (Å²) >= 11 is 0. The van der Waals surface area contributed by atoms with Gasteiger partial charge in [-0.2, -0.15) is 5.10 Å². The van der Waals surface area contributed by atoms with Crippen molar-refractivity contribution in [3.63, 3.8) is 0 Å². The summed E-state index contributed by atoms with van der Waals surface area (Å²) in [5.41, 5.74) is 6.99. The lowest BCUT2D eigenvalue weighted by atomic mass is 10.0. The Bertz CT molecular complexity index is 517. The molecule has 2 heterocycles. The van der Waals surface area contributed by atoms with Crippen LogP contribution < -0.4 is 11.3 Å². The SMILES string of the molecule is Cc1cnc(C(NN)c2ccnn2C)c(C)c1. The van der Waals surface area contributed by atoms with Gasteiger partial charge in [0.15, 0.2) is 0 Å². The average Bonchev–Trinajstić information content (AvgIpc) is 2.69. The number of nitrogens with one attached hydrogen (secondary N) is 1. The highest BCUT2D eigenvalue weighted by Crippen LogP contribution is 2.22. The molecule has 3 N–H and O–H groups in total. The largest absolute Gasteiger partial charge is 0.271 e. The van der Waals surface area contributed by atoms with E-state index in [4.69, 9.17) is 5.84 Å². The van der Waals surface area contributed by atoms with Crippen LogP contribution in [0.5, 0.6) is 0 Å². The van der Waals surface area contributed by atoms with E-state index in [1.807, 2.05) is 33.2 Å². The van der Waals surface area contributed by atoms with Crippen molar-refractivity contribution in [2.75, 3.05) is 0 Å². The summed E-state index contributed by atoms with van der Waals surface area (Å²) in [5.74, 6) is 5.64. The second-order valence-corrected chi connectivity index (χ2v) is 4.19. The normalized spacial score (nSPS) is 12.7. The molecule has 17 heavy (non-hydrogen) atoms. The molecule has 0 saturated carbocycles. The average molecular weight is 231 g/mol. The molecule has 1 unspecified atom stereocenters. The van der Waals surface area contributed by atoms with E-state index in [0.717, 1.165) is 22.5 Å². The molecule has 0 spiro atoms. The highest BCUT2D eigenvalue weighted by atomic mass is 15.3. The van der Waals surface area contributed by atoms with Crippen LogP contribution in [0.2, 0.25) is 0 Å². The van der Waals surface area contributed by atoms with Crippen LogP contribution in [0.3, 0.4) is 0 Å². The van der Waals surface area contributed by atoms with Crippen molar-refractivity contribution in [1.82, 2.24) is 20.2 Å². The molecule has 0 fully saturated rings. The van der Waals surface area contributed by atoms with Crippen LogP contribution >= 0.6 is 0 Å². The van der Waals surface area contributed by atoms with Gasteiger partial charge in [-0.15, -0.1) is 0 Å². The Hall–Kier alpha value is -1.72. The van der Waals surface area contributed by atoms with Crippen LogP contribution in [0.1, 0.15) is 28.6 Å². The molecule has 2 rings (SSSR count). The van der Waals surface area contributed by atoms with E-state index >= 15 is 0 Å². The summed E-state index contributed by atoms with van der Waals surface area (Å²) in [6.07, 6.45) is 3.60. The number of nitrogens with two attached hydrogens (primary N) is 1. The van der Waals surface area contributed by atoms with Gasteiger partial charge in [-0.3, -0.25) is 15.5 Å². The number of nitrogens with zero attached hydrogens (tertiary/aromatic N) is 3. The topological polar surface area (TPSA) is 68.8 Å². The van der Waals surface area contributed by atoms with Crippen molar-refractivity contribution in [3.8, 4) is 0 Å². The first-order valence-electron chi connectivity index (χ1n) is 5.50. The maximum absolute atomic E-state index is 5.64. The standard InChI is InChI=1S/C12H17N5/c1-8-6-9(2)11(14-7-8)12(16-13)10-4-5-15-17(10)3/h4-7,12,16H,13H2,1-3H3. The Labute approximate surface area is 101 Å². The van der Waals surface area contributed by atoms with Gasteiger partial charge in [0.1, 0.15) is 6.04 Å². The van der Waals surface area contributed by atoms with Crippen LogP contribution in [0.4, 0.5) is 0 Å². The van der Waals surface area contributed by atoms with Gasteiger partial charge in [0.25, 0.3) is 0 Å². The molecule has 5 heteroatoms. The highest BCUT2D eigenvalue weighted by molar-refractivity contribution is 5.30. The second-order valence-electron chi connectivity index (χ2n) is 4.19. The van der Waals surface area contributed by atoms with Crippen molar-refractivity contribution < 1.29 is 0 Å². The minimum absolute atomic E-state index is 0.136. The summed E-state index contributed by atoms with van der Waals surface area (Å²) < 4.78 is 1.80. The van der Waals surface area contributed by atoms with Gasteiger partial charge in [0.05, 0.1) is 11.4 Å². The van der Waals surface area contributed by atoms with Crippen molar-refractivity contribution in [2.24, 2.45) is 12.9 Å². The first-order chi connectivity index (χ1) is 8.13. The van der Waals surface area contributed by atoms with Crippen molar-refractivity contribution in [1.29, 1.82) is 0 Å². The lowest BCUT2D eigenvalue weighted by Crippen LogP contribution is -2.31. The van der Waals surface area contributed by atoms with Crippen LogP contribution in [0, 0.1) is 13.8 Å². The first-order valence-corrected chi connectivity index (χ1v) is 5.50. The van der Waals surface area contributed by atoms with E-state index in [1.165, 1.54) is 0 Å². The van der Waals surface area contributed by atoms with Crippen LogP contribution in [0.15, 0.2) is 24.5 Å². The predicted octanol–water partition coefficient (Wildman–Crippen LogP) is 0.985. The van der Waals surface area contributed by atoms with Gasteiger partial charge in [0.2, 0.25) is 0 Å². The summed E-state index contributed by atoms with van der Waals surface area (Å²) in [6, 6.07) is 3.90. The number of pyridine rings is 1. The number of aryl methyl sites for hydroxylation is 3. The van der Waals surface area contributed by atoms with Crippen molar-refractivity contribution in [3.05, 3.63) is 47.0 Å². The fraction of sp³-hybridized carbons (Fsp3) is 0.333. The van der Waals surface area contributed by atoms with Crippen molar-refractivity contribution >= 4 is 0 Å². The summed E-state index contributed by atoms with van der Waals surface area (Å²) in [4.78, 5) is 4.46.